The van der Waals surface area contributed by atoms with E-state index >= 15 is 0 Å². The summed E-state index contributed by atoms with van der Waals surface area (Å²) in [7, 11) is -0.00528. The molecule has 0 heterocycles. The van der Waals surface area contributed by atoms with Gasteiger partial charge < -0.3 is 5.32 Å². The van der Waals surface area contributed by atoms with Crippen molar-refractivity contribution in [1.29, 1.82) is 0 Å². The summed E-state index contributed by atoms with van der Waals surface area (Å²) in [5.74, 6) is -0.119. The number of anilines is 1. The Labute approximate surface area is 173 Å². The fraction of sp³-hybridized carbons (Fsp3) is 0.409. The van der Waals surface area contributed by atoms with E-state index in [1.165, 1.54) is 27.6 Å². The number of hydrogen-bond donors (Lipinski definition) is 1. The van der Waals surface area contributed by atoms with Gasteiger partial charge >= 0.3 is 0 Å². The molecule has 0 saturated heterocycles. The van der Waals surface area contributed by atoms with E-state index in [0.29, 0.717) is 5.69 Å². The van der Waals surface area contributed by atoms with E-state index in [2.05, 4.69) is 28.4 Å². The lowest BCUT2D eigenvalue weighted by Gasteiger charge is -2.24. The fourth-order valence-electron chi connectivity index (χ4n) is 3.68. The summed E-state index contributed by atoms with van der Waals surface area (Å²) in [5.41, 5.74) is 3.24. The predicted octanol–water partition coefficient (Wildman–Crippen LogP) is 3.27. The second-order valence-electron chi connectivity index (χ2n) is 7.86. The number of benzene rings is 2. The number of likely N-dealkylation sites (N-methyl/N-ethyl adjacent to an activating group) is 1. The number of sulfonamides is 1. The summed E-state index contributed by atoms with van der Waals surface area (Å²) in [6, 6.07) is 14.8. The van der Waals surface area contributed by atoms with Gasteiger partial charge in [-0.1, -0.05) is 24.3 Å². The number of nitrogens with zero attached hydrogens (tertiary/aromatic N) is 2. The molecule has 156 valence electrons. The van der Waals surface area contributed by atoms with Crippen molar-refractivity contribution >= 4 is 21.6 Å². The molecule has 0 radical (unpaired) electrons. The van der Waals surface area contributed by atoms with Crippen LogP contribution in [0.4, 0.5) is 5.69 Å². The maximum Gasteiger partial charge on any atom is 0.243 e. The first-order valence-corrected chi connectivity index (χ1v) is 11.3. The quantitative estimate of drug-likeness (QED) is 0.754. The number of hydrogen-bond acceptors (Lipinski definition) is 4. The lowest BCUT2D eigenvalue weighted by molar-refractivity contribution is -0.117. The number of aryl methyl sites for hydroxylation is 1. The molecule has 1 N–H and O–H groups in total. The third kappa shape index (κ3) is 4.69. The maximum atomic E-state index is 12.5. The third-order valence-corrected chi connectivity index (χ3v) is 7.62. The number of fused-ring (bicyclic) bond motifs is 1. The van der Waals surface area contributed by atoms with E-state index in [4.69, 9.17) is 0 Å². The molecular formula is C22H29N3O3S. The molecule has 1 atom stereocenters. The molecule has 6 nitrogen and oxygen atoms in total. The molecule has 7 heteroatoms. The molecule has 1 aliphatic carbocycles. The molecule has 0 saturated carbocycles. The first-order valence-electron chi connectivity index (χ1n) is 9.86. The number of rotatable bonds is 7. The van der Waals surface area contributed by atoms with E-state index in [-0.39, 0.29) is 29.4 Å². The Bertz CT molecular complexity index is 971. The molecule has 1 aliphatic rings. The summed E-state index contributed by atoms with van der Waals surface area (Å²) in [6.07, 6.45) is 2.05. The first kappa shape index (κ1) is 21.5. The molecule has 0 bridgehead atoms. The van der Waals surface area contributed by atoms with Gasteiger partial charge in [-0.05, 0) is 69.1 Å². The molecule has 0 spiro atoms. The van der Waals surface area contributed by atoms with Gasteiger partial charge in [0.15, 0.2) is 0 Å². The molecule has 29 heavy (non-hydrogen) atoms. The average molecular weight is 416 g/mol. The number of nitrogens with one attached hydrogen (secondary N) is 1. The van der Waals surface area contributed by atoms with Crippen LogP contribution in [0.1, 0.15) is 37.4 Å². The van der Waals surface area contributed by atoms with Crippen LogP contribution in [0, 0.1) is 0 Å². The SMILES string of the molecule is CC(C)N(C)S(=O)(=O)c1ccc(NC(=O)CN(C)[C@@H]2CCc3ccccc32)cc1. The van der Waals surface area contributed by atoms with E-state index in [1.807, 2.05) is 27.0 Å². The molecule has 0 aromatic heterocycles. The Kier molecular flexibility index (Phi) is 6.41. The topological polar surface area (TPSA) is 69.7 Å². The van der Waals surface area contributed by atoms with Gasteiger partial charge in [-0.3, -0.25) is 9.69 Å². The smallest absolute Gasteiger partial charge is 0.243 e. The van der Waals surface area contributed by atoms with Gasteiger partial charge in [0.2, 0.25) is 15.9 Å². The number of amides is 1. The van der Waals surface area contributed by atoms with E-state index < -0.39 is 10.0 Å². The van der Waals surface area contributed by atoms with E-state index in [1.54, 1.807) is 19.2 Å². The molecule has 3 rings (SSSR count). The van der Waals surface area contributed by atoms with Gasteiger partial charge in [0.05, 0.1) is 11.4 Å². The first-order chi connectivity index (χ1) is 13.7. The van der Waals surface area contributed by atoms with Crippen molar-refractivity contribution in [3.05, 3.63) is 59.7 Å². The Balaban J connectivity index is 1.61. The standard InChI is InChI=1S/C22H29N3O3S/c1-16(2)25(4)29(27,28)19-12-10-18(11-13-19)23-22(26)15-24(3)21-14-9-17-7-5-6-8-20(17)21/h5-8,10-13,16,21H,9,14-15H2,1-4H3,(H,23,26)/t21-/m1/s1. The highest BCUT2D eigenvalue weighted by molar-refractivity contribution is 7.89. The molecule has 0 aliphatic heterocycles. The molecular weight excluding hydrogens is 386 g/mol. The number of carbonyl (C=O) groups excluding carboxylic acids is 1. The van der Waals surface area contributed by atoms with Gasteiger partial charge in [-0.15, -0.1) is 0 Å². The van der Waals surface area contributed by atoms with Crippen molar-refractivity contribution in [2.75, 3.05) is 26.0 Å². The summed E-state index contributed by atoms with van der Waals surface area (Å²) >= 11 is 0. The van der Waals surface area contributed by atoms with E-state index in [9.17, 15) is 13.2 Å². The normalized spacial score (nSPS) is 16.4. The van der Waals surface area contributed by atoms with Crippen molar-refractivity contribution < 1.29 is 13.2 Å². The van der Waals surface area contributed by atoms with Crippen LogP contribution in [0.25, 0.3) is 0 Å². The Hall–Kier alpha value is -2.22. The maximum absolute atomic E-state index is 12.5. The Morgan fingerprint density at radius 2 is 1.76 bits per heavy atom. The fourth-order valence-corrected chi connectivity index (χ4v) is 5.05. The van der Waals surface area contributed by atoms with Crippen LogP contribution < -0.4 is 5.32 Å². The highest BCUT2D eigenvalue weighted by Gasteiger charge is 2.26. The Morgan fingerprint density at radius 1 is 1.10 bits per heavy atom. The average Bonchev–Trinajstić information content (AvgIpc) is 3.12. The van der Waals surface area contributed by atoms with Crippen molar-refractivity contribution in [1.82, 2.24) is 9.21 Å². The van der Waals surface area contributed by atoms with Gasteiger partial charge in [-0.25, -0.2) is 8.42 Å². The molecule has 0 unspecified atom stereocenters. The summed E-state index contributed by atoms with van der Waals surface area (Å²) in [5, 5.41) is 2.86. The van der Waals surface area contributed by atoms with Gasteiger partial charge in [0.1, 0.15) is 0 Å². The minimum absolute atomic E-state index is 0.119. The minimum atomic E-state index is -3.53. The zero-order valence-corrected chi connectivity index (χ0v) is 18.2. The molecule has 0 fully saturated rings. The largest absolute Gasteiger partial charge is 0.325 e. The highest BCUT2D eigenvalue weighted by Crippen LogP contribution is 2.34. The summed E-state index contributed by atoms with van der Waals surface area (Å²) in [4.78, 5) is 14.8. The van der Waals surface area contributed by atoms with E-state index in [0.717, 1.165) is 12.8 Å². The zero-order chi connectivity index (χ0) is 21.2. The van der Waals surface area contributed by atoms with Gasteiger partial charge in [-0.2, -0.15) is 4.31 Å². The summed E-state index contributed by atoms with van der Waals surface area (Å²) < 4.78 is 26.4. The second kappa shape index (κ2) is 8.65. The van der Waals surface area contributed by atoms with Crippen LogP contribution in [0.2, 0.25) is 0 Å². The molecule has 1 amide bonds. The van der Waals surface area contributed by atoms with Gasteiger partial charge in [0, 0.05) is 24.8 Å². The van der Waals surface area contributed by atoms with Crippen molar-refractivity contribution in [2.24, 2.45) is 0 Å². The van der Waals surface area contributed by atoms with Crippen molar-refractivity contribution in [2.45, 2.75) is 43.7 Å². The Morgan fingerprint density at radius 3 is 2.41 bits per heavy atom. The minimum Gasteiger partial charge on any atom is -0.325 e. The highest BCUT2D eigenvalue weighted by atomic mass is 32.2. The predicted molar refractivity (Wildman–Crippen MR) is 115 cm³/mol. The van der Waals surface area contributed by atoms with Crippen LogP contribution in [-0.4, -0.2) is 50.2 Å². The zero-order valence-electron chi connectivity index (χ0n) is 17.4. The van der Waals surface area contributed by atoms with Crippen molar-refractivity contribution in [3.8, 4) is 0 Å². The van der Waals surface area contributed by atoms with Crippen LogP contribution >= 0.6 is 0 Å². The third-order valence-electron chi connectivity index (χ3n) is 5.57. The lowest BCUT2D eigenvalue weighted by Crippen LogP contribution is -2.33. The monoisotopic (exact) mass is 415 g/mol. The van der Waals surface area contributed by atoms with Crippen LogP contribution in [-0.2, 0) is 21.2 Å². The molecule has 2 aromatic rings. The van der Waals surface area contributed by atoms with Crippen LogP contribution in [0.15, 0.2) is 53.4 Å². The van der Waals surface area contributed by atoms with Crippen LogP contribution in [0.5, 0.6) is 0 Å². The summed E-state index contributed by atoms with van der Waals surface area (Å²) in [6.45, 7) is 3.92. The van der Waals surface area contributed by atoms with Crippen LogP contribution in [0.3, 0.4) is 0 Å². The molecule has 2 aromatic carbocycles. The number of carbonyl (C=O) groups is 1. The second-order valence-corrected chi connectivity index (χ2v) is 9.85. The van der Waals surface area contributed by atoms with Gasteiger partial charge in [0.25, 0.3) is 0 Å². The lowest BCUT2D eigenvalue weighted by atomic mass is 10.1. The van der Waals surface area contributed by atoms with Crippen molar-refractivity contribution in [3.63, 3.8) is 0 Å².